The van der Waals surface area contributed by atoms with Crippen LogP contribution in [-0.4, -0.2) is 33.5 Å². The fourth-order valence-corrected chi connectivity index (χ4v) is 9.40. The average molecular weight is 447 g/mol. The van der Waals surface area contributed by atoms with Crippen molar-refractivity contribution in [2.24, 2.45) is 52.3 Å². The second-order valence-electron chi connectivity index (χ2n) is 12.4. The van der Waals surface area contributed by atoms with Gasteiger partial charge >= 0.3 is 5.97 Å². The number of carboxylic acids is 1. The summed E-state index contributed by atoms with van der Waals surface area (Å²) in [5, 5.41) is 31.6. The highest BCUT2D eigenvalue weighted by atomic mass is 16.4. The van der Waals surface area contributed by atoms with Gasteiger partial charge in [0, 0.05) is 12.3 Å². The molecule has 0 radical (unpaired) electrons. The number of carboxylic acid groups (broad SMARTS) is 1. The van der Waals surface area contributed by atoms with Crippen molar-refractivity contribution in [2.45, 2.75) is 104 Å². The van der Waals surface area contributed by atoms with Crippen LogP contribution >= 0.6 is 0 Å². The van der Waals surface area contributed by atoms with Gasteiger partial charge in [0.05, 0.1) is 12.2 Å². The minimum atomic E-state index is -0.688. The molecule has 32 heavy (non-hydrogen) atoms. The van der Waals surface area contributed by atoms with E-state index in [1.165, 1.54) is 25.7 Å². The van der Waals surface area contributed by atoms with Crippen LogP contribution in [0.25, 0.3) is 0 Å². The maximum Gasteiger partial charge on any atom is 0.303 e. The zero-order chi connectivity index (χ0) is 23.3. The monoisotopic (exact) mass is 446 g/mol. The van der Waals surface area contributed by atoms with Crippen molar-refractivity contribution in [1.29, 1.82) is 0 Å². The topological polar surface area (TPSA) is 77.8 Å². The van der Waals surface area contributed by atoms with Crippen molar-refractivity contribution in [1.82, 2.24) is 0 Å². The van der Waals surface area contributed by atoms with E-state index in [2.05, 4.69) is 39.8 Å². The Morgan fingerprint density at radius 2 is 1.72 bits per heavy atom. The molecule has 4 heteroatoms. The first-order valence-corrected chi connectivity index (χ1v) is 13.4. The third kappa shape index (κ3) is 3.87. The van der Waals surface area contributed by atoms with Crippen molar-refractivity contribution < 1.29 is 20.1 Å². The molecule has 11 atom stereocenters. The summed E-state index contributed by atoms with van der Waals surface area (Å²) < 4.78 is 0. The van der Waals surface area contributed by atoms with Gasteiger partial charge in [-0.3, -0.25) is 4.79 Å². The van der Waals surface area contributed by atoms with Crippen LogP contribution in [0.15, 0.2) is 12.2 Å². The van der Waals surface area contributed by atoms with Gasteiger partial charge in [0.1, 0.15) is 0 Å². The number of aliphatic hydroxyl groups is 2. The number of fused-ring (bicyclic) bond motifs is 5. The van der Waals surface area contributed by atoms with Crippen LogP contribution in [-0.2, 0) is 4.79 Å². The molecule has 0 aliphatic heterocycles. The predicted octanol–water partition coefficient (Wildman–Crippen LogP) is 5.67. The highest BCUT2D eigenvalue weighted by Gasteiger charge is 2.64. The molecule has 0 aromatic rings. The van der Waals surface area contributed by atoms with Gasteiger partial charge < -0.3 is 15.3 Å². The maximum absolute atomic E-state index is 11.9. The Bertz CT molecular complexity index is 718. The van der Waals surface area contributed by atoms with E-state index >= 15 is 0 Å². The van der Waals surface area contributed by atoms with Crippen LogP contribution in [0, 0.1) is 52.3 Å². The number of aliphatic carboxylic acids is 1. The highest BCUT2D eigenvalue weighted by molar-refractivity contribution is 5.66. The third-order valence-electron chi connectivity index (χ3n) is 11.0. The van der Waals surface area contributed by atoms with Crippen molar-refractivity contribution in [3.05, 3.63) is 12.2 Å². The summed E-state index contributed by atoms with van der Waals surface area (Å²) in [6, 6.07) is 0. The predicted molar refractivity (Wildman–Crippen MR) is 127 cm³/mol. The third-order valence-corrected chi connectivity index (χ3v) is 11.0. The minimum Gasteiger partial charge on any atom is -0.481 e. The number of rotatable bonds is 6. The molecule has 0 heterocycles. The molecular weight excluding hydrogens is 400 g/mol. The smallest absolute Gasteiger partial charge is 0.303 e. The summed E-state index contributed by atoms with van der Waals surface area (Å²) in [6.07, 6.45) is 13.5. The molecule has 4 aliphatic carbocycles. The molecule has 0 bridgehead atoms. The molecule has 4 saturated carbocycles. The summed E-state index contributed by atoms with van der Waals surface area (Å²) in [4.78, 5) is 11.2. The van der Waals surface area contributed by atoms with Crippen LogP contribution < -0.4 is 0 Å². The van der Waals surface area contributed by atoms with Crippen molar-refractivity contribution in [2.75, 3.05) is 0 Å². The molecule has 0 saturated heterocycles. The molecule has 182 valence electrons. The van der Waals surface area contributed by atoms with E-state index in [0.717, 1.165) is 32.1 Å². The number of hydrogen-bond acceptors (Lipinski definition) is 3. The molecule has 0 aromatic heterocycles. The van der Waals surface area contributed by atoms with Gasteiger partial charge in [-0.1, -0.05) is 39.8 Å². The van der Waals surface area contributed by atoms with Crippen LogP contribution in [0.1, 0.15) is 91.9 Å². The molecule has 0 amide bonds. The SMILES string of the molecule is CCC=CC1[C@@H](O)[C@@H]2[C@H](CC[C@]3(C)[C@@H]([C@H](C)CCC(=O)O)CC[C@@H]23)[C@@]2(C)CC[C@@H](O)C[C@@H]12. The number of hydrogen-bond donors (Lipinski definition) is 3. The Morgan fingerprint density at radius 3 is 2.41 bits per heavy atom. The van der Waals surface area contributed by atoms with E-state index in [1.54, 1.807) is 0 Å². The van der Waals surface area contributed by atoms with Crippen LogP contribution in [0.2, 0.25) is 0 Å². The van der Waals surface area contributed by atoms with Gasteiger partial charge in [-0.25, -0.2) is 0 Å². The molecule has 4 fully saturated rings. The first kappa shape index (κ1) is 24.3. The summed E-state index contributed by atoms with van der Waals surface area (Å²) in [5.41, 5.74) is 0.399. The van der Waals surface area contributed by atoms with Gasteiger partial charge in [-0.05, 0) is 104 Å². The van der Waals surface area contributed by atoms with Crippen molar-refractivity contribution in [3.8, 4) is 0 Å². The van der Waals surface area contributed by atoms with E-state index in [1.807, 2.05) is 0 Å². The summed E-state index contributed by atoms with van der Waals surface area (Å²) in [7, 11) is 0. The lowest BCUT2D eigenvalue weighted by molar-refractivity contribution is -0.193. The largest absolute Gasteiger partial charge is 0.481 e. The molecule has 4 nitrogen and oxygen atoms in total. The maximum atomic E-state index is 11.9. The van der Waals surface area contributed by atoms with Gasteiger partial charge in [-0.15, -0.1) is 0 Å². The number of carbonyl (C=O) groups is 1. The second kappa shape index (κ2) is 9.06. The van der Waals surface area contributed by atoms with Gasteiger partial charge in [0.25, 0.3) is 0 Å². The van der Waals surface area contributed by atoms with Crippen LogP contribution in [0.5, 0.6) is 0 Å². The molecule has 1 unspecified atom stereocenters. The Labute approximate surface area is 194 Å². The van der Waals surface area contributed by atoms with Crippen LogP contribution in [0.3, 0.4) is 0 Å². The van der Waals surface area contributed by atoms with Crippen molar-refractivity contribution in [3.63, 3.8) is 0 Å². The van der Waals surface area contributed by atoms with E-state index in [0.29, 0.717) is 35.5 Å². The van der Waals surface area contributed by atoms with Gasteiger partial charge in [0.15, 0.2) is 0 Å². The zero-order valence-electron chi connectivity index (χ0n) is 20.7. The van der Waals surface area contributed by atoms with E-state index in [-0.39, 0.29) is 35.4 Å². The Kier molecular flexibility index (Phi) is 6.87. The molecule has 0 spiro atoms. The van der Waals surface area contributed by atoms with Gasteiger partial charge in [-0.2, -0.15) is 0 Å². The molecule has 3 N–H and O–H groups in total. The normalized spacial score (nSPS) is 49.3. The summed E-state index contributed by atoms with van der Waals surface area (Å²) >= 11 is 0. The Morgan fingerprint density at radius 1 is 1.03 bits per heavy atom. The standard InChI is InChI=1S/C28H46O4/c1-5-6-7-19-23-16-18(29)12-14-28(23,4)22-13-15-27(3)20(17(2)8-11-24(30)31)9-10-21(27)25(22)26(19)32/h6-7,17-23,25-26,29,32H,5,8-16H2,1-4H3,(H,30,31)/t17-,18-,19?,20-,21+,22+,23+,25+,26-,27-,28-/m1/s1. The summed E-state index contributed by atoms with van der Waals surface area (Å²) in [6.45, 7) is 9.36. The first-order valence-electron chi connectivity index (χ1n) is 13.4. The number of allylic oxidation sites excluding steroid dienone is 1. The molecule has 4 rings (SSSR count). The lowest BCUT2D eigenvalue weighted by Crippen LogP contribution is -2.62. The fourth-order valence-electron chi connectivity index (χ4n) is 9.40. The zero-order valence-corrected chi connectivity index (χ0v) is 20.7. The fraction of sp³-hybridized carbons (Fsp3) is 0.893. The number of aliphatic hydroxyl groups excluding tert-OH is 2. The average Bonchev–Trinajstić information content (AvgIpc) is 3.10. The van der Waals surface area contributed by atoms with E-state index < -0.39 is 5.97 Å². The molecule has 0 aromatic carbocycles. The van der Waals surface area contributed by atoms with Crippen LogP contribution in [0.4, 0.5) is 0 Å². The Balaban J connectivity index is 1.64. The summed E-state index contributed by atoms with van der Waals surface area (Å²) in [5.74, 6) is 2.18. The highest BCUT2D eigenvalue weighted by Crippen LogP contribution is 2.69. The first-order chi connectivity index (χ1) is 15.1. The van der Waals surface area contributed by atoms with Gasteiger partial charge in [0.2, 0.25) is 0 Å². The quantitative estimate of drug-likeness (QED) is 0.459. The van der Waals surface area contributed by atoms with E-state index in [9.17, 15) is 20.1 Å². The molecule has 4 aliphatic rings. The lowest BCUT2D eigenvalue weighted by Gasteiger charge is -2.64. The van der Waals surface area contributed by atoms with E-state index in [4.69, 9.17) is 0 Å². The Hall–Kier alpha value is -0.870. The minimum absolute atomic E-state index is 0.141. The van der Waals surface area contributed by atoms with Crippen molar-refractivity contribution >= 4 is 5.97 Å². The lowest BCUT2D eigenvalue weighted by atomic mass is 9.41. The second-order valence-corrected chi connectivity index (χ2v) is 12.4. The molecular formula is C28H46O4.